The van der Waals surface area contributed by atoms with Gasteiger partial charge in [0.1, 0.15) is 9.67 Å². The molecule has 0 aromatic carbocycles. The Morgan fingerprint density at radius 2 is 1.15 bits per heavy atom. The Labute approximate surface area is 152 Å². The zero-order valence-corrected chi connectivity index (χ0v) is 16.5. The fraction of sp³-hybridized carbons (Fsp3) is 0.714. The van der Waals surface area contributed by atoms with Crippen LogP contribution >= 0.6 is 69.9 Å². The van der Waals surface area contributed by atoms with Gasteiger partial charge >= 0.3 is 0 Å². The highest BCUT2D eigenvalue weighted by atomic mass is 35.5. The van der Waals surface area contributed by atoms with Gasteiger partial charge in [-0.1, -0.05) is 23.3 Å². The van der Waals surface area contributed by atoms with Crippen molar-refractivity contribution in [3.05, 3.63) is 23.3 Å². The number of thioether (sulfide) groups is 2. The second-order valence-corrected chi connectivity index (χ2v) is 9.29. The van der Waals surface area contributed by atoms with E-state index in [2.05, 4.69) is 26.0 Å². The first-order valence-electron chi connectivity index (χ1n) is 6.45. The van der Waals surface area contributed by atoms with Crippen LogP contribution in [0.25, 0.3) is 0 Å². The van der Waals surface area contributed by atoms with Gasteiger partial charge in [0, 0.05) is 23.0 Å². The minimum Gasteiger partial charge on any atom is -0.157 e. The summed E-state index contributed by atoms with van der Waals surface area (Å²) in [6, 6.07) is 0. The highest BCUT2D eigenvalue weighted by Gasteiger charge is 2.00. The molecular weight excluding hydrogens is 374 g/mol. The molecule has 6 heteroatoms. The van der Waals surface area contributed by atoms with Gasteiger partial charge in [0.15, 0.2) is 0 Å². The molecule has 0 atom stereocenters. The molecular formula is C14H22Cl4S2. The summed E-state index contributed by atoms with van der Waals surface area (Å²) in [6.07, 6.45) is 5.92. The highest BCUT2D eigenvalue weighted by molar-refractivity contribution is 8.03. The topological polar surface area (TPSA) is 0 Å². The SMILES string of the molecule is C/C(=C\CSCCSC/C=C(\C)CC(Cl)Cl)CC(Cl)Cl. The zero-order chi connectivity index (χ0) is 15.4. The van der Waals surface area contributed by atoms with Crippen molar-refractivity contribution in [3.8, 4) is 0 Å². The van der Waals surface area contributed by atoms with Gasteiger partial charge in [-0.3, -0.25) is 0 Å². The average Bonchev–Trinajstić information content (AvgIpc) is 2.30. The third-order valence-electron chi connectivity index (χ3n) is 2.42. The van der Waals surface area contributed by atoms with E-state index in [4.69, 9.17) is 46.4 Å². The van der Waals surface area contributed by atoms with Crippen LogP contribution in [0.3, 0.4) is 0 Å². The van der Waals surface area contributed by atoms with E-state index >= 15 is 0 Å². The van der Waals surface area contributed by atoms with Crippen molar-refractivity contribution in [1.82, 2.24) is 0 Å². The monoisotopic (exact) mass is 394 g/mol. The van der Waals surface area contributed by atoms with E-state index in [1.165, 1.54) is 11.1 Å². The Kier molecular flexibility index (Phi) is 14.9. The smallest absolute Gasteiger partial charge is 0.111 e. The maximum atomic E-state index is 5.72. The largest absolute Gasteiger partial charge is 0.157 e. The molecule has 0 heterocycles. The number of halogens is 4. The first-order chi connectivity index (χ1) is 9.41. The summed E-state index contributed by atoms with van der Waals surface area (Å²) in [7, 11) is 0. The van der Waals surface area contributed by atoms with Crippen LogP contribution in [0.4, 0.5) is 0 Å². The van der Waals surface area contributed by atoms with Gasteiger partial charge in [0.25, 0.3) is 0 Å². The molecule has 0 bridgehead atoms. The van der Waals surface area contributed by atoms with Gasteiger partial charge in [-0.15, -0.1) is 46.4 Å². The summed E-state index contributed by atoms with van der Waals surface area (Å²) in [5.41, 5.74) is 2.52. The number of alkyl halides is 4. The van der Waals surface area contributed by atoms with Gasteiger partial charge in [0.05, 0.1) is 0 Å². The van der Waals surface area contributed by atoms with Crippen LogP contribution in [-0.2, 0) is 0 Å². The van der Waals surface area contributed by atoms with Crippen molar-refractivity contribution in [1.29, 1.82) is 0 Å². The summed E-state index contributed by atoms with van der Waals surface area (Å²) >= 11 is 26.7. The van der Waals surface area contributed by atoms with Crippen molar-refractivity contribution in [3.63, 3.8) is 0 Å². The molecule has 0 unspecified atom stereocenters. The standard InChI is InChI=1S/C14H22Cl4S2/c1-11(9-13(15)16)3-5-19-7-8-20-6-4-12(2)10-14(17)18/h3-4,13-14H,5-10H2,1-2H3/b11-3+,12-4+. The Hall–Kier alpha value is 1.34. The average molecular weight is 396 g/mol. The molecule has 0 rings (SSSR count). The van der Waals surface area contributed by atoms with E-state index in [1.54, 1.807) is 0 Å². The van der Waals surface area contributed by atoms with Gasteiger partial charge in [-0.25, -0.2) is 0 Å². The molecule has 0 aliphatic carbocycles. The fourth-order valence-electron chi connectivity index (χ4n) is 1.34. The van der Waals surface area contributed by atoms with Gasteiger partial charge in [0.2, 0.25) is 0 Å². The van der Waals surface area contributed by atoms with E-state index in [0.717, 1.165) is 35.9 Å². The first-order valence-corrected chi connectivity index (χ1v) is 10.5. The number of hydrogen-bond donors (Lipinski definition) is 0. The van der Waals surface area contributed by atoms with Gasteiger partial charge in [-0.2, -0.15) is 23.5 Å². The Bertz CT molecular complexity index is 272. The lowest BCUT2D eigenvalue weighted by Gasteiger charge is -2.03. The fourth-order valence-corrected chi connectivity index (χ4v) is 4.39. The maximum Gasteiger partial charge on any atom is 0.111 e. The molecule has 0 saturated carbocycles. The Morgan fingerprint density at radius 1 is 0.800 bits per heavy atom. The van der Waals surface area contributed by atoms with E-state index in [0.29, 0.717) is 0 Å². The minimum absolute atomic E-state index is 0.289. The van der Waals surface area contributed by atoms with E-state index in [1.807, 2.05) is 23.5 Å². The third-order valence-corrected chi connectivity index (χ3v) is 5.09. The van der Waals surface area contributed by atoms with E-state index < -0.39 is 0 Å². The summed E-state index contributed by atoms with van der Waals surface area (Å²) in [5, 5.41) is 0. The number of hydrogen-bond acceptors (Lipinski definition) is 2. The van der Waals surface area contributed by atoms with Crippen LogP contribution in [0.15, 0.2) is 23.3 Å². The lowest BCUT2D eigenvalue weighted by Crippen LogP contribution is -1.91. The molecule has 0 N–H and O–H groups in total. The molecule has 0 fully saturated rings. The highest BCUT2D eigenvalue weighted by Crippen LogP contribution is 2.17. The molecule has 0 aliphatic heterocycles. The quantitative estimate of drug-likeness (QED) is 0.216. The second-order valence-electron chi connectivity index (χ2n) is 4.44. The summed E-state index contributed by atoms with van der Waals surface area (Å²) in [4.78, 5) is -0.579. The molecule has 0 radical (unpaired) electrons. The zero-order valence-electron chi connectivity index (χ0n) is 11.9. The molecule has 0 saturated heterocycles. The normalized spacial score (nSPS) is 13.6. The minimum atomic E-state index is -0.289. The lowest BCUT2D eigenvalue weighted by atomic mass is 10.2. The molecule has 0 spiro atoms. The van der Waals surface area contributed by atoms with Crippen LogP contribution in [0.1, 0.15) is 26.7 Å². The molecule has 0 aromatic rings. The van der Waals surface area contributed by atoms with Crippen LogP contribution in [0, 0.1) is 0 Å². The summed E-state index contributed by atoms with van der Waals surface area (Å²) in [5.74, 6) is 4.37. The molecule has 0 nitrogen and oxygen atoms in total. The molecule has 0 amide bonds. The molecule has 118 valence electrons. The third kappa shape index (κ3) is 15.7. The van der Waals surface area contributed by atoms with Crippen LogP contribution in [0.5, 0.6) is 0 Å². The van der Waals surface area contributed by atoms with Crippen molar-refractivity contribution >= 4 is 69.9 Å². The van der Waals surface area contributed by atoms with Crippen LogP contribution < -0.4 is 0 Å². The first kappa shape index (κ1) is 21.3. The number of rotatable bonds is 11. The summed E-state index contributed by atoms with van der Waals surface area (Å²) < 4.78 is 0. The molecule has 0 aromatic heterocycles. The lowest BCUT2D eigenvalue weighted by molar-refractivity contribution is 1.05. The van der Waals surface area contributed by atoms with Gasteiger partial charge in [-0.05, 0) is 26.7 Å². The van der Waals surface area contributed by atoms with E-state index in [-0.39, 0.29) is 9.67 Å². The predicted octanol–water partition coefficient (Wildman–Crippen LogP) is 6.73. The molecule has 20 heavy (non-hydrogen) atoms. The van der Waals surface area contributed by atoms with Crippen molar-refractivity contribution < 1.29 is 0 Å². The predicted molar refractivity (Wildman–Crippen MR) is 102 cm³/mol. The van der Waals surface area contributed by atoms with Crippen molar-refractivity contribution in [2.45, 2.75) is 36.4 Å². The van der Waals surface area contributed by atoms with Crippen LogP contribution in [-0.4, -0.2) is 32.7 Å². The van der Waals surface area contributed by atoms with Crippen molar-refractivity contribution in [2.24, 2.45) is 0 Å². The Balaban J connectivity index is 3.49. The Morgan fingerprint density at radius 3 is 1.45 bits per heavy atom. The van der Waals surface area contributed by atoms with Crippen LogP contribution in [0.2, 0.25) is 0 Å². The maximum absolute atomic E-state index is 5.72. The number of allylic oxidation sites excluding steroid dienone is 2. The van der Waals surface area contributed by atoms with E-state index in [9.17, 15) is 0 Å². The second kappa shape index (κ2) is 14.0. The molecule has 0 aliphatic rings. The van der Waals surface area contributed by atoms with Crippen molar-refractivity contribution in [2.75, 3.05) is 23.0 Å². The van der Waals surface area contributed by atoms with Gasteiger partial charge < -0.3 is 0 Å². The summed E-state index contributed by atoms with van der Waals surface area (Å²) in [6.45, 7) is 4.14.